The fourth-order valence-corrected chi connectivity index (χ4v) is 3.33. The van der Waals surface area contributed by atoms with Crippen molar-refractivity contribution < 1.29 is 9.90 Å². The van der Waals surface area contributed by atoms with Crippen LogP contribution >= 0.6 is 11.6 Å². The van der Waals surface area contributed by atoms with E-state index in [1.54, 1.807) is 17.0 Å². The summed E-state index contributed by atoms with van der Waals surface area (Å²) >= 11 is 5.93. The molecule has 1 aliphatic heterocycles. The van der Waals surface area contributed by atoms with Gasteiger partial charge in [0.25, 0.3) is 0 Å². The Balaban J connectivity index is 1.83. The normalized spacial score (nSPS) is 21.0. The lowest BCUT2D eigenvalue weighted by molar-refractivity contribution is -0.132. The largest absolute Gasteiger partial charge is 0.391 e. The third kappa shape index (κ3) is 3.12. The molecule has 5 nitrogen and oxygen atoms in total. The minimum atomic E-state index is -0.549. The van der Waals surface area contributed by atoms with Crippen LogP contribution in [0.3, 0.4) is 0 Å². The van der Waals surface area contributed by atoms with Gasteiger partial charge in [-0.3, -0.25) is 9.89 Å². The molecule has 2 aromatic rings. The predicted octanol–water partition coefficient (Wildman–Crippen LogP) is 2.56. The molecule has 1 aromatic heterocycles. The lowest BCUT2D eigenvalue weighted by Gasteiger charge is -2.27. The first-order chi connectivity index (χ1) is 11.0. The minimum Gasteiger partial charge on any atom is -0.391 e. The number of carbonyl (C=O) groups excluding carboxylic acids is 1. The number of likely N-dealkylation sites (tertiary alicyclic amines) is 1. The van der Waals surface area contributed by atoms with Gasteiger partial charge in [-0.15, -0.1) is 0 Å². The number of aliphatic hydroxyl groups is 1. The van der Waals surface area contributed by atoms with Crippen molar-refractivity contribution >= 4 is 17.5 Å². The third-order valence-corrected chi connectivity index (χ3v) is 4.76. The lowest BCUT2D eigenvalue weighted by Crippen LogP contribution is -2.34. The Kier molecular flexibility index (Phi) is 4.41. The molecule has 23 heavy (non-hydrogen) atoms. The predicted molar refractivity (Wildman–Crippen MR) is 88.3 cm³/mol. The van der Waals surface area contributed by atoms with Crippen LogP contribution in [0.15, 0.2) is 24.3 Å². The fraction of sp³-hybridized carbons (Fsp3) is 0.412. The molecular formula is C17H20ClN3O2. The molecule has 0 saturated carbocycles. The Labute approximate surface area is 140 Å². The van der Waals surface area contributed by atoms with Gasteiger partial charge in [0.05, 0.1) is 24.3 Å². The summed E-state index contributed by atoms with van der Waals surface area (Å²) in [5.41, 5.74) is 3.61. The van der Waals surface area contributed by atoms with Crippen LogP contribution in [0.2, 0.25) is 5.02 Å². The number of rotatable bonds is 3. The highest BCUT2D eigenvalue weighted by molar-refractivity contribution is 6.30. The topological polar surface area (TPSA) is 69.2 Å². The lowest BCUT2D eigenvalue weighted by atomic mass is 10.0. The van der Waals surface area contributed by atoms with Crippen molar-refractivity contribution in [2.75, 3.05) is 6.54 Å². The average Bonchev–Trinajstić information content (AvgIpc) is 3.05. The summed E-state index contributed by atoms with van der Waals surface area (Å²) in [5.74, 6) is 0.00843. The zero-order valence-electron chi connectivity index (χ0n) is 13.2. The van der Waals surface area contributed by atoms with Gasteiger partial charge < -0.3 is 10.0 Å². The average molecular weight is 334 g/mol. The Morgan fingerprint density at radius 1 is 1.39 bits per heavy atom. The number of aromatic amines is 1. The van der Waals surface area contributed by atoms with Gasteiger partial charge in [0.15, 0.2) is 0 Å². The van der Waals surface area contributed by atoms with Gasteiger partial charge in [0, 0.05) is 22.8 Å². The molecule has 1 saturated heterocycles. The molecule has 1 amide bonds. The van der Waals surface area contributed by atoms with Crippen LogP contribution in [0, 0.1) is 13.8 Å². The molecule has 0 radical (unpaired) electrons. The van der Waals surface area contributed by atoms with Crippen molar-refractivity contribution in [3.8, 4) is 0 Å². The number of hydrogen-bond acceptors (Lipinski definition) is 3. The van der Waals surface area contributed by atoms with E-state index in [0.717, 1.165) is 22.5 Å². The fourth-order valence-electron chi connectivity index (χ4n) is 3.21. The zero-order chi connectivity index (χ0) is 16.6. The van der Waals surface area contributed by atoms with Gasteiger partial charge in [-0.05, 0) is 38.0 Å². The Bertz CT molecular complexity index is 692. The number of hydrogen-bond donors (Lipinski definition) is 2. The SMILES string of the molecule is Cc1n[nH]c(C)c1CC(=O)N1CC[C@@H](O)[C@H]1c1ccc(Cl)cc1. The van der Waals surface area contributed by atoms with Crippen LogP contribution in [0.1, 0.15) is 35.0 Å². The van der Waals surface area contributed by atoms with Crippen molar-refractivity contribution in [2.45, 2.75) is 38.8 Å². The van der Waals surface area contributed by atoms with Crippen LogP contribution in [-0.4, -0.2) is 38.8 Å². The number of aliphatic hydroxyl groups excluding tert-OH is 1. The molecule has 1 fully saturated rings. The molecule has 1 aromatic carbocycles. The van der Waals surface area contributed by atoms with E-state index in [1.807, 2.05) is 26.0 Å². The summed E-state index contributed by atoms with van der Waals surface area (Å²) < 4.78 is 0. The molecule has 6 heteroatoms. The van der Waals surface area contributed by atoms with E-state index in [2.05, 4.69) is 10.2 Å². The number of aromatic nitrogens is 2. The molecule has 0 spiro atoms. The first-order valence-electron chi connectivity index (χ1n) is 7.71. The number of H-pyrrole nitrogens is 1. The van der Waals surface area contributed by atoms with E-state index < -0.39 is 6.10 Å². The van der Waals surface area contributed by atoms with Crippen molar-refractivity contribution in [3.05, 3.63) is 51.8 Å². The molecule has 0 bridgehead atoms. The van der Waals surface area contributed by atoms with Crippen molar-refractivity contribution in [2.24, 2.45) is 0 Å². The van der Waals surface area contributed by atoms with Gasteiger partial charge in [0.1, 0.15) is 0 Å². The van der Waals surface area contributed by atoms with E-state index in [1.165, 1.54) is 0 Å². The van der Waals surface area contributed by atoms with Gasteiger partial charge in [0.2, 0.25) is 5.91 Å². The van der Waals surface area contributed by atoms with E-state index in [9.17, 15) is 9.90 Å². The van der Waals surface area contributed by atoms with Crippen molar-refractivity contribution in [3.63, 3.8) is 0 Å². The summed E-state index contributed by atoms with van der Waals surface area (Å²) in [5, 5.41) is 18.0. The summed E-state index contributed by atoms with van der Waals surface area (Å²) in [6.45, 7) is 4.36. The minimum absolute atomic E-state index is 0.00843. The van der Waals surface area contributed by atoms with Gasteiger partial charge in [-0.25, -0.2) is 0 Å². The second-order valence-electron chi connectivity index (χ2n) is 6.03. The second kappa shape index (κ2) is 6.34. The first kappa shape index (κ1) is 16.0. The van der Waals surface area contributed by atoms with Gasteiger partial charge in [-0.2, -0.15) is 5.10 Å². The van der Waals surface area contributed by atoms with Crippen LogP contribution in [-0.2, 0) is 11.2 Å². The molecule has 1 aliphatic rings. The molecule has 3 rings (SSSR count). The number of halogens is 1. The number of carbonyl (C=O) groups is 1. The highest BCUT2D eigenvalue weighted by Crippen LogP contribution is 2.33. The molecule has 2 atom stereocenters. The Morgan fingerprint density at radius 2 is 2.09 bits per heavy atom. The number of benzene rings is 1. The molecular weight excluding hydrogens is 314 g/mol. The molecule has 2 N–H and O–H groups in total. The summed E-state index contributed by atoms with van der Waals surface area (Å²) in [6, 6.07) is 7.00. The quantitative estimate of drug-likeness (QED) is 0.907. The Morgan fingerprint density at radius 3 is 2.70 bits per heavy atom. The zero-order valence-corrected chi connectivity index (χ0v) is 14.0. The molecule has 122 valence electrons. The van der Waals surface area contributed by atoms with Gasteiger partial charge in [-0.1, -0.05) is 23.7 Å². The number of nitrogens with zero attached hydrogens (tertiary/aromatic N) is 2. The van der Waals surface area contributed by atoms with Crippen LogP contribution < -0.4 is 0 Å². The molecule has 0 aliphatic carbocycles. The van der Waals surface area contributed by atoms with Crippen LogP contribution in [0.5, 0.6) is 0 Å². The number of aryl methyl sites for hydroxylation is 2. The third-order valence-electron chi connectivity index (χ3n) is 4.51. The maximum Gasteiger partial charge on any atom is 0.227 e. The smallest absolute Gasteiger partial charge is 0.227 e. The monoisotopic (exact) mass is 333 g/mol. The maximum absolute atomic E-state index is 12.8. The van der Waals surface area contributed by atoms with Gasteiger partial charge >= 0.3 is 0 Å². The number of amides is 1. The van der Waals surface area contributed by atoms with E-state index in [0.29, 0.717) is 24.4 Å². The number of nitrogens with one attached hydrogen (secondary N) is 1. The molecule has 2 heterocycles. The van der Waals surface area contributed by atoms with Crippen LogP contribution in [0.25, 0.3) is 0 Å². The highest BCUT2D eigenvalue weighted by Gasteiger charge is 2.37. The summed E-state index contributed by atoms with van der Waals surface area (Å²) in [7, 11) is 0. The van der Waals surface area contributed by atoms with E-state index in [4.69, 9.17) is 11.6 Å². The van der Waals surface area contributed by atoms with Crippen molar-refractivity contribution in [1.82, 2.24) is 15.1 Å². The maximum atomic E-state index is 12.8. The summed E-state index contributed by atoms with van der Waals surface area (Å²) in [6.07, 6.45) is 0.333. The van der Waals surface area contributed by atoms with Crippen LogP contribution in [0.4, 0.5) is 0 Å². The summed E-state index contributed by atoms with van der Waals surface area (Å²) in [4.78, 5) is 14.5. The first-order valence-corrected chi connectivity index (χ1v) is 8.08. The Hall–Kier alpha value is -1.85. The van der Waals surface area contributed by atoms with E-state index in [-0.39, 0.29) is 11.9 Å². The molecule has 0 unspecified atom stereocenters. The highest BCUT2D eigenvalue weighted by atomic mass is 35.5. The van der Waals surface area contributed by atoms with E-state index >= 15 is 0 Å². The second-order valence-corrected chi connectivity index (χ2v) is 6.47. The van der Waals surface area contributed by atoms with Crippen molar-refractivity contribution in [1.29, 1.82) is 0 Å². The standard InChI is InChI=1S/C17H20ClN3O2/c1-10-14(11(2)20-19-10)9-16(23)21-8-7-15(22)17(21)12-3-5-13(18)6-4-12/h3-6,15,17,22H,7-9H2,1-2H3,(H,19,20)/t15-,17-/m1/s1.